The van der Waals surface area contributed by atoms with Crippen LogP contribution in [0.2, 0.25) is 0 Å². The van der Waals surface area contributed by atoms with E-state index in [-0.39, 0.29) is 11.0 Å². The first-order valence-electron chi connectivity index (χ1n) is 8.53. The first-order chi connectivity index (χ1) is 13.3. The third-order valence-electron chi connectivity index (χ3n) is 3.55. The van der Waals surface area contributed by atoms with Crippen molar-refractivity contribution in [2.45, 2.75) is 13.8 Å². The average Bonchev–Trinajstić information content (AvgIpc) is 2.66. The second-order valence-corrected chi connectivity index (χ2v) is 7.65. The monoisotopic (exact) mass is 464 g/mol. The van der Waals surface area contributed by atoms with Gasteiger partial charge in [0.1, 0.15) is 5.75 Å². The largest absolute Gasteiger partial charge is 0.492 e. The van der Waals surface area contributed by atoms with Crippen molar-refractivity contribution in [2.24, 2.45) is 5.92 Å². The van der Waals surface area contributed by atoms with Gasteiger partial charge in [-0.05, 0) is 60.6 Å². The van der Waals surface area contributed by atoms with Crippen LogP contribution >= 0.6 is 28.1 Å². The van der Waals surface area contributed by atoms with Gasteiger partial charge in [-0.2, -0.15) is 0 Å². The molecule has 2 rings (SSSR count). The summed E-state index contributed by atoms with van der Waals surface area (Å²) in [6.07, 6.45) is 0. The number of ether oxygens (including phenoxy) is 2. The van der Waals surface area contributed by atoms with Crippen LogP contribution in [-0.4, -0.2) is 30.7 Å². The van der Waals surface area contributed by atoms with Gasteiger partial charge in [-0.1, -0.05) is 29.8 Å². The van der Waals surface area contributed by atoms with Crippen molar-refractivity contribution >= 4 is 50.8 Å². The molecule has 0 aliphatic rings. The molecule has 148 valence electrons. The van der Waals surface area contributed by atoms with Crippen LogP contribution in [0.5, 0.6) is 5.75 Å². The van der Waals surface area contributed by atoms with E-state index >= 15 is 0 Å². The highest BCUT2D eigenvalue weighted by molar-refractivity contribution is 9.10. The lowest BCUT2D eigenvalue weighted by Crippen LogP contribution is -2.34. The number of carbonyl (C=O) groups excluding carboxylic acids is 2. The number of methoxy groups -OCH3 is 1. The van der Waals surface area contributed by atoms with Gasteiger partial charge >= 0.3 is 5.97 Å². The van der Waals surface area contributed by atoms with E-state index in [9.17, 15) is 9.59 Å². The Morgan fingerprint density at radius 3 is 2.43 bits per heavy atom. The molecule has 2 N–H and O–H groups in total. The van der Waals surface area contributed by atoms with E-state index in [0.717, 1.165) is 4.47 Å². The summed E-state index contributed by atoms with van der Waals surface area (Å²) in [5, 5.41) is 5.67. The Balaban J connectivity index is 2.05. The Hall–Kier alpha value is -2.45. The van der Waals surface area contributed by atoms with Crippen LogP contribution in [0.1, 0.15) is 34.6 Å². The summed E-state index contributed by atoms with van der Waals surface area (Å²) in [5.41, 5.74) is 1.42. The molecule has 0 saturated carbocycles. The molecule has 8 heteroatoms. The van der Waals surface area contributed by atoms with E-state index in [1.165, 1.54) is 7.11 Å². The SMILES string of the molecule is COC(=O)c1ccc(NC(=S)NC(=O)c2cc(Br)ccc2OCC(C)C)cc1. The Labute approximate surface area is 177 Å². The Morgan fingerprint density at radius 2 is 1.82 bits per heavy atom. The van der Waals surface area contributed by atoms with Gasteiger partial charge in [0.2, 0.25) is 0 Å². The van der Waals surface area contributed by atoms with Crippen LogP contribution in [0.25, 0.3) is 0 Å². The minimum Gasteiger partial charge on any atom is -0.492 e. The van der Waals surface area contributed by atoms with Gasteiger partial charge in [0, 0.05) is 10.2 Å². The van der Waals surface area contributed by atoms with Crippen molar-refractivity contribution in [3.8, 4) is 5.75 Å². The van der Waals surface area contributed by atoms with Crippen molar-refractivity contribution in [2.75, 3.05) is 19.0 Å². The van der Waals surface area contributed by atoms with Gasteiger partial charge in [0.25, 0.3) is 5.91 Å². The summed E-state index contributed by atoms with van der Waals surface area (Å²) in [5.74, 6) is 0.00430. The zero-order valence-corrected chi connectivity index (χ0v) is 18.1. The normalized spacial score (nSPS) is 10.3. The second kappa shape index (κ2) is 10.2. The third-order valence-corrected chi connectivity index (χ3v) is 4.25. The standard InChI is InChI=1S/C20H21BrN2O4S/c1-12(2)11-27-17-9-6-14(21)10-16(17)18(24)23-20(28)22-15-7-4-13(5-8-15)19(25)26-3/h4-10,12H,11H2,1-3H3,(H2,22,23,24,28). The van der Waals surface area contributed by atoms with Crippen molar-refractivity contribution in [1.29, 1.82) is 0 Å². The second-order valence-electron chi connectivity index (χ2n) is 6.32. The van der Waals surface area contributed by atoms with Crippen molar-refractivity contribution in [3.63, 3.8) is 0 Å². The Kier molecular flexibility index (Phi) is 7.95. The van der Waals surface area contributed by atoms with Crippen LogP contribution in [0.4, 0.5) is 5.69 Å². The van der Waals surface area contributed by atoms with Gasteiger partial charge in [-0.3, -0.25) is 10.1 Å². The summed E-state index contributed by atoms with van der Waals surface area (Å²) in [7, 11) is 1.32. The van der Waals surface area contributed by atoms with Crippen LogP contribution in [-0.2, 0) is 4.74 Å². The first kappa shape index (κ1) is 21.8. The summed E-state index contributed by atoms with van der Waals surface area (Å²) in [6, 6.07) is 11.8. The lowest BCUT2D eigenvalue weighted by Gasteiger charge is -2.14. The molecule has 0 aliphatic heterocycles. The number of benzene rings is 2. The van der Waals surface area contributed by atoms with Crippen molar-refractivity contribution < 1.29 is 19.1 Å². The van der Waals surface area contributed by atoms with E-state index in [4.69, 9.17) is 17.0 Å². The quantitative estimate of drug-likeness (QED) is 0.487. The molecule has 0 fully saturated rings. The van der Waals surface area contributed by atoms with Gasteiger partial charge in [0.05, 0.1) is 24.8 Å². The molecule has 0 spiro atoms. The Morgan fingerprint density at radius 1 is 1.14 bits per heavy atom. The lowest BCUT2D eigenvalue weighted by molar-refractivity contribution is 0.0600. The maximum absolute atomic E-state index is 12.6. The Bertz CT molecular complexity index is 869. The molecule has 6 nitrogen and oxygen atoms in total. The molecular weight excluding hydrogens is 444 g/mol. The van der Waals surface area contributed by atoms with Crippen LogP contribution in [0, 0.1) is 5.92 Å². The number of amides is 1. The molecule has 0 atom stereocenters. The predicted octanol–water partition coefficient (Wildman–Crippen LogP) is 4.40. The lowest BCUT2D eigenvalue weighted by atomic mass is 10.2. The minimum atomic E-state index is -0.425. The summed E-state index contributed by atoms with van der Waals surface area (Å²) in [6.45, 7) is 4.56. The predicted molar refractivity (Wildman–Crippen MR) is 116 cm³/mol. The van der Waals surface area contributed by atoms with E-state index in [1.54, 1.807) is 36.4 Å². The summed E-state index contributed by atoms with van der Waals surface area (Å²) in [4.78, 5) is 24.1. The van der Waals surface area contributed by atoms with E-state index in [0.29, 0.717) is 35.1 Å². The maximum Gasteiger partial charge on any atom is 0.337 e. The first-order valence-corrected chi connectivity index (χ1v) is 9.73. The fourth-order valence-corrected chi connectivity index (χ4v) is 2.77. The van der Waals surface area contributed by atoms with Crippen LogP contribution < -0.4 is 15.4 Å². The van der Waals surface area contributed by atoms with Gasteiger partial charge < -0.3 is 14.8 Å². The van der Waals surface area contributed by atoms with Crippen LogP contribution in [0.15, 0.2) is 46.9 Å². The molecule has 0 saturated heterocycles. The fraction of sp³-hybridized carbons (Fsp3) is 0.250. The highest BCUT2D eigenvalue weighted by Gasteiger charge is 2.15. The molecule has 28 heavy (non-hydrogen) atoms. The number of carbonyl (C=O) groups is 2. The maximum atomic E-state index is 12.6. The third kappa shape index (κ3) is 6.31. The highest BCUT2D eigenvalue weighted by atomic mass is 79.9. The number of hydrogen-bond acceptors (Lipinski definition) is 5. The fourth-order valence-electron chi connectivity index (χ4n) is 2.20. The number of rotatable bonds is 6. The molecule has 0 unspecified atom stereocenters. The molecule has 0 bridgehead atoms. The van der Waals surface area contributed by atoms with Crippen LogP contribution in [0.3, 0.4) is 0 Å². The molecular formula is C20H21BrN2O4S. The molecule has 1 amide bonds. The van der Waals surface area contributed by atoms with E-state index < -0.39 is 5.97 Å². The highest BCUT2D eigenvalue weighted by Crippen LogP contribution is 2.24. The summed E-state index contributed by atoms with van der Waals surface area (Å²) >= 11 is 8.58. The summed E-state index contributed by atoms with van der Waals surface area (Å²) < 4.78 is 11.1. The molecule has 2 aromatic rings. The van der Waals surface area contributed by atoms with E-state index in [2.05, 4.69) is 31.3 Å². The van der Waals surface area contributed by atoms with Gasteiger partial charge in [0.15, 0.2) is 5.11 Å². The average molecular weight is 465 g/mol. The van der Waals surface area contributed by atoms with Crippen molar-refractivity contribution in [1.82, 2.24) is 5.32 Å². The molecule has 0 heterocycles. The number of halogens is 1. The molecule has 0 aliphatic carbocycles. The minimum absolute atomic E-state index is 0.130. The van der Waals surface area contributed by atoms with E-state index in [1.807, 2.05) is 19.9 Å². The molecule has 2 aromatic carbocycles. The molecule has 0 aromatic heterocycles. The number of esters is 1. The van der Waals surface area contributed by atoms with Gasteiger partial charge in [-0.25, -0.2) is 4.79 Å². The number of hydrogen-bond donors (Lipinski definition) is 2. The zero-order chi connectivity index (χ0) is 20.7. The van der Waals surface area contributed by atoms with Gasteiger partial charge in [-0.15, -0.1) is 0 Å². The van der Waals surface area contributed by atoms with Crippen molar-refractivity contribution in [3.05, 3.63) is 58.1 Å². The number of thiocarbonyl (C=S) groups is 1. The zero-order valence-electron chi connectivity index (χ0n) is 15.7. The number of anilines is 1. The smallest absolute Gasteiger partial charge is 0.337 e. The molecule has 0 radical (unpaired) electrons. The topological polar surface area (TPSA) is 76.7 Å². The number of nitrogens with one attached hydrogen (secondary N) is 2.